The number of nitrogens with zero attached hydrogens (tertiary/aromatic N) is 2. The summed E-state index contributed by atoms with van der Waals surface area (Å²) in [5.41, 5.74) is 0.944. The molecule has 1 atom stereocenters. The maximum absolute atomic E-state index is 12.0. The zero-order valence-corrected chi connectivity index (χ0v) is 14.0. The summed E-state index contributed by atoms with van der Waals surface area (Å²) in [4.78, 5) is 20.3. The summed E-state index contributed by atoms with van der Waals surface area (Å²) < 4.78 is 5.26. The molecule has 0 bridgehead atoms. The molecule has 0 saturated carbocycles. The standard InChI is InChI=1S/C16H19ClN4O2/c1-4-10(2)20-16(22)13-8-19-15(9-18-13)21-12-7-11(17)5-6-14(12)23-3/h5-10H,4H2,1-3H3,(H,19,21)(H,20,22). The van der Waals surface area contributed by atoms with Crippen molar-refractivity contribution in [1.82, 2.24) is 15.3 Å². The molecule has 23 heavy (non-hydrogen) atoms. The molecule has 0 aliphatic carbocycles. The Bertz CT molecular complexity index is 676. The summed E-state index contributed by atoms with van der Waals surface area (Å²) in [6, 6.07) is 5.31. The van der Waals surface area contributed by atoms with Gasteiger partial charge >= 0.3 is 0 Å². The van der Waals surface area contributed by atoms with Crippen molar-refractivity contribution in [2.75, 3.05) is 12.4 Å². The molecule has 1 aromatic carbocycles. The van der Waals surface area contributed by atoms with Crippen LogP contribution in [0.4, 0.5) is 11.5 Å². The minimum absolute atomic E-state index is 0.0952. The lowest BCUT2D eigenvalue weighted by molar-refractivity contribution is 0.0934. The molecule has 0 radical (unpaired) electrons. The van der Waals surface area contributed by atoms with Crippen LogP contribution in [0.25, 0.3) is 0 Å². The Morgan fingerprint density at radius 1 is 1.35 bits per heavy atom. The van der Waals surface area contributed by atoms with E-state index in [1.54, 1.807) is 25.3 Å². The number of ether oxygens (including phenoxy) is 1. The Labute approximate surface area is 140 Å². The van der Waals surface area contributed by atoms with Gasteiger partial charge in [0, 0.05) is 11.1 Å². The van der Waals surface area contributed by atoms with E-state index in [9.17, 15) is 4.79 Å². The van der Waals surface area contributed by atoms with Crippen molar-refractivity contribution in [1.29, 1.82) is 0 Å². The van der Waals surface area contributed by atoms with Gasteiger partial charge in [0.1, 0.15) is 17.3 Å². The molecule has 1 amide bonds. The highest BCUT2D eigenvalue weighted by Crippen LogP contribution is 2.29. The first-order valence-electron chi connectivity index (χ1n) is 7.27. The predicted octanol–water partition coefficient (Wildman–Crippen LogP) is 3.41. The van der Waals surface area contributed by atoms with Crippen LogP contribution in [0.5, 0.6) is 5.75 Å². The molecule has 1 unspecified atom stereocenters. The van der Waals surface area contributed by atoms with E-state index in [0.717, 1.165) is 6.42 Å². The van der Waals surface area contributed by atoms with Gasteiger partial charge in [-0.05, 0) is 31.5 Å². The average molecular weight is 335 g/mol. The molecule has 1 aromatic heterocycles. The number of methoxy groups -OCH3 is 1. The second kappa shape index (κ2) is 7.78. The number of carbonyl (C=O) groups excluding carboxylic acids is 1. The minimum atomic E-state index is -0.237. The van der Waals surface area contributed by atoms with Crippen molar-refractivity contribution in [2.45, 2.75) is 26.3 Å². The molecule has 0 aliphatic rings. The molecule has 0 fully saturated rings. The van der Waals surface area contributed by atoms with Crippen molar-refractivity contribution in [3.05, 3.63) is 41.3 Å². The van der Waals surface area contributed by atoms with Gasteiger partial charge in [-0.25, -0.2) is 9.97 Å². The molecule has 7 heteroatoms. The van der Waals surface area contributed by atoms with Crippen molar-refractivity contribution in [3.8, 4) is 5.75 Å². The highest BCUT2D eigenvalue weighted by Gasteiger charge is 2.11. The highest BCUT2D eigenvalue weighted by molar-refractivity contribution is 6.31. The number of hydrogen-bond acceptors (Lipinski definition) is 5. The van der Waals surface area contributed by atoms with Gasteiger partial charge < -0.3 is 15.4 Å². The van der Waals surface area contributed by atoms with E-state index >= 15 is 0 Å². The van der Waals surface area contributed by atoms with Gasteiger partial charge in [-0.1, -0.05) is 18.5 Å². The smallest absolute Gasteiger partial charge is 0.271 e. The number of amides is 1. The van der Waals surface area contributed by atoms with E-state index in [1.807, 2.05) is 13.8 Å². The van der Waals surface area contributed by atoms with Crippen LogP contribution in [-0.2, 0) is 0 Å². The van der Waals surface area contributed by atoms with Crippen LogP contribution in [-0.4, -0.2) is 29.0 Å². The van der Waals surface area contributed by atoms with E-state index in [-0.39, 0.29) is 17.6 Å². The summed E-state index contributed by atoms with van der Waals surface area (Å²) in [6.45, 7) is 3.94. The van der Waals surface area contributed by atoms with Gasteiger partial charge in [0.05, 0.1) is 25.2 Å². The molecule has 1 heterocycles. The van der Waals surface area contributed by atoms with E-state index in [2.05, 4.69) is 20.6 Å². The van der Waals surface area contributed by atoms with Gasteiger partial charge in [0.2, 0.25) is 0 Å². The average Bonchev–Trinajstić information content (AvgIpc) is 2.55. The third-order valence-corrected chi connectivity index (χ3v) is 3.53. The molecule has 2 N–H and O–H groups in total. The third kappa shape index (κ3) is 4.56. The maximum Gasteiger partial charge on any atom is 0.271 e. The van der Waals surface area contributed by atoms with Crippen LogP contribution in [0, 0.1) is 0 Å². The van der Waals surface area contributed by atoms with Gasteiger partial charge in [-0.3, -0.25) is 4.79 Å². The van der Waals surface area contributed by atoms with Gasteiger partial charge in [-0.15, -0.1) is 0 Å². The van der Waals surface area contributed by atoms with E-state index in [4.69, 9.17) is 16.3 Å². The third-order valence-electron chi connectivity index (χ3n) is 3.30. The lowest BCUT2D eigenvalue weighted by Gasteiger charge is -2.12. The van der Waals surface area contributed by atoms with Crippen LogP contribution in [0.3, 0.4) is 0 Å². The molecule has 2 aromatic rings. The lowest BCUT2D eigenvalue weighted by Crippen LogP contribution is -2.32. The number of nitrogens with one attached hydrogen (secondary N) is 2. The van der Waals surface area contributed by atoms with Gasteiger partial charge in [-0.2, -0.15) is 0 Å². The Balaban J connectivity index is 2.11. The molecular weight excluding hydrogens is 316 g/mol. The lowest BCUT2D eigenvalue weighted by atomic mass is 10.2. The van der Waals surface area contributed by atoms with Gasteiger partial charge in [0.25, 0.3) is 5.91 Å². The van der Waals surface area contributed by atoms with Crippen molar-refractivity contribution in [2.24, 2.45) is 0 Å². The normalized spacial score (nSPS) is 11.7. The monoisotopic (exact) mass is 334 g/mol. The van der Waals surface area contributed by atoms with E-state index in [1.165, 1.54) is 12.4 Å². The number of anilines is 2. The first-order valence-corrected chi connectivity index (χ1v) is 7.64. The Morgan fingerprint density at radius 3 is 2.74 bits per heavy atom. The zero-order chi connectivity index (χ0) is 16.8. The van der Waals surface area contributed by atoms with Crippen LogP contribution in [0.15, 0.2) is 30.6 Å². The summed E-state index contributed by atoms with van der Waals surface area (Å²) in [7, 11) is 1.57. The Hall–Kier alpha value is -2.34. The fourth-order valence-corrected chi connectivity index (χ4v) is 2.00. The van der Waals surface area contributed by atoms with Crippen LogP contribution in [0.1, 0.15) is 30.8 Å². The molecule has 0 saturated heterocycles. The zero-order valence-electron chi connectivity index (χ0n) is 13.3. The largest absolute Gasteiger partial charge is 0.495 e. The summed E-state index contributed by atoms with van der Waals surface area (Å²) in [6.07, 6.45) is 3.77. The highest BCUT2D eigenvalue weighted by atomic mass is 35.5. The van der Waals surface area contributed by atoms with Crippen LogP contribution in [0.2, 0.25) is 5.02 Å². The SMILES string of the molecule is CCC(C)NC(=O)c1cnc(Nc2cc(Cl)ccc2OC)cn1. The fraction of sp³-hybridized carbons (Fsp3) is 0.312. The van der Waals surface area contributed by atoms with E-state index < -0.39 is 0 Å². The molecule has 122 valence electrons. The number of carbonyl (C=O) groups is 1. The summed E-state index contributed by atoms with van der Waals surface area (Å²) >= 11 is 5.98. The fourth-order valence-electron chi connectivity index (χ4n) is 1.83. The maximum atomic E-state index is 12.0. The number of rotatable bonds is 6. The first-order chi connectivity index (χ1) is 11.0. The molecular formula is C16H19ClN4O2. The van der Waals surface area contributed by atoms with Crippen molar-refractivity contribution >= 4 is 29.0 Å². The van der Waals surface area contributed by atoms with Crippen LogP contribution < -0.4 is 15.4 Å². The number of hydrogen-bond donors (Lipinski definition) is 2. The number of halogens is 1. The van der Waals surface area contributed by atoms with Crippen molar-refractivity contribution in [3.63, 3.8) is 0 Å². The van der Waals surface area contributed by atoms with Crippen LogP contribution >= 0.6 is 11.6 Å². The molecule has 0 aliphatic heterocycles. The topological polar surface area (TPSA) is 76.1 Å². The van der Waals surface area contributed by atoms with Gasteiger partial charge in [0.15, 0.2) is 0 Å². The predicted molar refractivity (Wildman–Crippen MR) is 90.5 cm³/mol. The summed E-state index contributed by atoms with van der Waals surface area (Å²) in [5, 5.41) is 6.48. The Kier molecular flexibility index (Phi) is 5.76. The Morgan fingerprint density at radius 2 is 2.13 bits per heavy atom. The molecule has 6 nitrogen and oxygen atoms in total. The molecule has 0 spiro atoms. The van der Waals surface area contributed by atoms with Crippen molar-refractivity contribution < 1.29 is 9.53 Å². The number of aromatic nitrogens is 2. The summed E-state index contributed by atoms with van der Waals surface area (Å²) in [5.74, 6) is 0.888. The second-order valence-electron chi connectivity index (χ2n) is 5.04. The first kappa shape index (κ1) is 17.0. The quantitative estimate of drug-likeness (QED) is 0.846. The number of benzene rings is 1. The second-order valence-corrected chi connectivity index (χ2v) is 5.48. The molecule has 2 rings (SSSR count). The van der Waals surface area contributed by atoms with E-state index in [0.29, 0.717) is 22.3 Å². The minimum Gasteiger partial charge on any atom is -0.495 e.